The average molecular weight is 430 g/mol. The zero-order valence-corrected chi connectivity index (χ0v) is 18.9. The Morgan fingerprint density at radius 3 is 2.75 bits per heavy atom. The summed E-state index contributed by atoms with van der Waals surface area (Å²) >= 11 is 0. The van der Waals surface area contributed by atoms with Crippen molar-refractivity contribution in [1.29, 1.82) is 0 Å². The molecule has 2 aromatic heterocycles. The first-order chi connectivity index (χ1) is 15.4. The van der Waals surface area contributed by atoms with Crippen LogP contribution >= 0.6 is 0 Å². The van der Waals surface area contributed by atoms with Gasteiger partial charge in [-0.1, -0.05) is 6.07 Å². The molecular weight excluding hydrogens is 402 g/mol. The van der Waals surface area contributed by atoms with Gasteiger partial charge in [-0.3, -0.25) is 9.78 Å². The topological polar surface area (TPSA) is 67.6 Å². The first kappa shape index (κ1) is 20.5. The molecule has 1 N–H and O–H groups in total. The molecule has 1 aliphatic carbocycles. The van der Waals surface area contributed by atoms with Gasteiger partial charge in [-0.2, -0.15) is 0 Å². The molecule has 2 heterocycles. The minimum Gasteiger partial charge on any atom is -0.497 e. The van der Waals surface area contributed by atoms with Gasteiger partial charge in [-0.05, 0) is 75.3 Å². The number of methoxy groups -OCH3 is 1. The first-order valence-electron chi connectivity index (χ1n) is 10.8. The van der Waals surface area contributed by atoms with Gasteiger partial charge < -0.3 is 19.4 Å². The second-order valence-corrected chi connectivity index (χ2v) is 8.94. The van der Waals surface area contributed by atoms with Gasteiger partial charge in [0.1, 0.15) is 17.1 Å². The van der Waals surface area contributed by atoms with Crippen molar-refractivity contribution in [3.05, 3.63) is 71.1 Å². The lowest BCUT2D eigenvalue weighted by Gasteiger charge is -2.21. The second-order valence-electron chi connectivity index (χ2n) is 8.94. The minimum absolute atomic E-state index is 0.0904. The number of furan rings is 1. The summed E-state index contributed by atoms with van der Waals surface area (Å²) in [6, 6.07) is 13.9. The molecule has 1 fully saturated rings. The number of ether oxygens (including phenoxy) is 1. The highest BCUT2D eigenvalue weighted by Gasteiger charge is 2.47. The molecule has 0 radical (unpaired) electrons. The fourth-order valence-electron chi connectivity index (χ4n) is 4.43. The number of fused-ring (bicyclic) bond motifs is 2. The van der Waals surface area contributed by atoms with E-state index in [-0.39, 0.29) is 5.91 Å². The van der Waals surface area contributed by atoms with E-state index in [1.807, 2.05) is 57.4 Å². The van der Waals surface area contributed by atoms with Crippen molar-refractivity contribution in [2.24, 2.45) is 0 Å². The highest BCUT2D eigenvalue weighted by molar-refractivity contribution is 6.00. The summed E-state index contributed by atoms with van der Waals surface area (Å²) in [5.41, 5.74) is 3.81. The van der Waals surface area contributed by atoms with Crippen LogP contribution in [0.3, 0.4) is 0 Å². The largest absolute Gasteiger partial charge is 0.497 e. The molecule has 4 aromatic rings. The lowest BCUT2D eigenvalue weighted by Crippen LogP contribution is -2.35. The van der Waals surface area contributed by atoms with Crippen LogP contribution in [-0.2, 0) is 12.1 Å². The van der Waals surface area contributed by atoms with Gasteiger partial charge in [0.25, 0.3) is 5.91 Å². The van der Waals surface area contributed by atoms with Crippen LogP contribution in [0.25, 0.3) is 21.9 Å². The number of aryl methyl sites for hydroxylation is 1. The number of aromatic nitrogens is 1. The Morgan fingerprint density at radius 2 is 2.03 bits per heavy atom. The van der Waals surface area contributed by atoms with Crippen LogP contribution in [0.15, 0.2) is 53.1 Å². The number of carbonyl (C=O) groups is 1. The van der Waals surface area contributed by atoms with Gasteiger partial charge in [-0.15, -0.1) is 0 Å². The first-order valence-corrected chi connectivity index (χ1v) is 10.8. The molecule has 6 heteroatoms. The predicted octanol–water partition coefficient (Wildman–Crippen LogP) is 4.78. The highest BCUT2D eigenvalue weighted by atomic mass is 16.5. The van der Waals surface area contributed by atoms with Crippen LogP contribution in [-0.4, -0.2) is 37.0 Å². The number of benzene rings is 2. The average Bonchev–Trinajstić information content (AvgIpc) is 3.44. The maximum absolute atomic E-state index is 13.4. The molecular formula is C26H27N3O3. The zero-order chi connectivity index (χ0) is 22.5. The molecule has 32 heavy (non-hydrogen) atoms. The standard InChI is InChI=1S/C26H27N3O3/c1-16-10-17-11-19(15-29(2)3)32-24(17)14-21(16)25(30)28-26(7-8-26)22-12-18(31-4)13-23-20(22)6-5-9-27-23/h5-6,9-14H,7-8,15H2,1-4H3,(H,28,30). The minimum atomic E-state index is -0.409. The molecule has 1 amide bonds. The molecule has 2 aromatic carbocycles. The lowest BCUT2D eigenvalue weighted by molar-refractivity contribution is 0.0930. The van der Waals surface area contributed by atoms with Crippen LogP contribution in [0.5, 0.6) is 5.75 Å². The molecule has 6 nitrogen and oxygen atoms in total. The van der Waals surface area contributed by atoms with Crippen molar-refractivity contribution in [2.75, 3.05) is 21.2 Å². The van der Waals surface area contributed by atoms with Gasteiger partial charge in [0.15, 0.2) is 0 Å². The number of pyridine rings is 1. The summed E-state index contributed by atoms with van der Waals surface area (Å²) < 4.78 is 11.5. The third kappa shape index (κ3) is 3.60. The number of amides is 1. The normalized spacial score (nSPS) is 14.8. The van der Waals surface area contributed by atoms with E-state index < -0.39 is 5.54 Å². The third-order valence-electron chi connectivity index (χ3n) is 6.18. The van der Waals surface area contributed by atoms with Crippen molar-refractivity contribution in [3.8, 4) is 5.75 Å². The van der Waals surface area contributed by atoms with E-state index in [2.05, 4.69) is 21.3 Å². The van der Waals surface area contributed by atoms with Crippen LogP contribution in [0.1, 0.15) is 40.1 Å². The van der Waals surface area contributed by atoms with E-state index in [0.29, 0.717) is 5.56 Å². The number of rotatable bonds is 6. The summed E-state index contributed by atoms with van der Waals surface area (Å²) in [6.45, 7) is 2.69. The Hall–Kier alpha value is -3.38. The van der Waals surface area contributed by atoms with E-state index >= 15 is 0 Å². The summed E-state index contributed by atoms with van der Waals surface area (Å²) in [6.07, 6.45) is 3.53. The van der Waals surface area contributed by atoms with E-state index in [4.69, 9.17) is 9.15 Å². The molecule has 0 aliphatic heterocycles. The molecule has 164 valence electrons. The maximum atomic E-state index is 13.4. The molecule has 1 saturated carbocycles. The third-order valence-corrected chi connectivity index (χ3v) is 6.18. The van der Waals surface area contributed by atoms with E-state index in [0.717, 1.165) is 63.9 Å². The molecule has 5 rings (SSSR count). The fraction of sp³-hybridized carbons (Fsp3) is 0.308. The molecule has 0 unspecified atom stereocenters. The summed E-state index contributed by atoms with van der Waals surface area (Å²) in [5, 5.41) is 5.37. The van der Waals surface area contributed by atoms with Crippen molar-refractivity contribution in [3.63, 3.8) is 0 Å². The second kappa shape index (κ2) is 7.64. The Kier molecular flexibility index (Phi) is 4.90. The predicted molar refractivity (Wildman–Crippen MR) is 125 cm³/mol. The number of carbonyl (C=O) groups excluding carboxylic acids is 1. The summed E-state index contributed by atoms with van der Waals surface area (Å²) in [5.74, 6) is 1.54. The van der Waals surface area contributed by atoms with Crippen molar-refractivity contribution >= 4 is 27.8 Å². The van der Waals surface area contributed by atoms with Gasteiger partial charge in [0.05, 0.1) is 24.7 Å². The van der Waals surface area contributed by atoms with Crippen LogP contribution in [0.4, 0.5) is 0 Å². The van der Waals surface area contributed by atoms with Crippen molar-refractivity contribution in [1.82, 2.24) is 15.2 Å². The number of nitrogens with one attached hydrogen (secondary N) is 1. The number of hydrogen-bond donors (Lipinski definition) is 1. The van der Waals surface area contributed by atoms with E-state index in [9.17, 15) is 4.79 Å². The lowest BCUT2D eigenvalue weighted by atomic mass is 9.97. The molecule has 0 saturated heterocycles. The SMILES string of the molecule is COc1cc(C2(NC(=O)c3cc4oc(CN(C)C)cc4cc3C)CC2)c2cccnc2c1. The quantitative estimate of drug-likeness (QED) is 0.478. The Morgan fingerprint density at radius 1 is 1.22 bits per heavy atom. The summed E-state index contributed by atoms with van der Waals surface area (Å²) in [7, 11) is 5.66. The van der Waals surface area contributed by atoms with Crippen LogP contribution in [0.2, 0.25) is 0 Å². The van der Waals surface area contributed by atoms with E-state index in [1.54, 1.807) is 13.3 Å². The highest BCUT2D eigenvalue weighted by Crippen LogP contribution is 2.49. The van der Waals surface area contributed by atoms with Gasteiger partial charge in [0.2, 0.25) is 0 Å². The number of nitrogens with zero attached hydrogens (tertiary/aromatic N) is 2. The van der Waals surface area contributed by atoms with Crippen molar-refractivity contribution < 1.29 is 13.9 Å². The van der Waals surface area contributed by atoms with E-state index in [1.165, 1.54) is 0 Å². The monoisotopic (exact) mass is 429 g/mol. The van der Waals surface area contributed by atoms with Gasteiger partial charge >= 0.3 is 0 Å². The van der Waals surface area contributed by atoms with Crippen molar-refractivity contribution in [2.45, 2.75) is 31.8 Å². The molecule has 1 aliphatic rings. The zero-order valence-electron chi connectivity index (χ0n) is 18.9. The molecule has 0 atom stereocenters. The molecule has 0 spiro atoms. The number of hydrogen-bond acceptors (Lipinski definition) is 5. The fourth-order valence-corrected chi connectivity index (χ4v) is 4.43. The maximum Gasteiger partial charge on any atom is 0.252 e. The smallest absolute Gasteiger partial charge is 0.252 e. The Bertz CT molecular complexity index is 1340. The van der Waals surface area contributed by atoms with Crippen LogP contribution < -0.4 is 10.1 Å². The Balaban J connectivity index is 1.49. The summed E-state index contributed by atoms with van der Waals surface area (Å²) in [4.78, 5) is 20.0. The molecule has 0 bridgehead atoms. The van der Waals surface area contributed by atoms with Crippen LogP contribution in [0, 0.1) is 6.92 Å². The Labute approximate surface area is 187 Å². The van der Waals surface area contributed by atoms with Gasteiger partial charge in [-0.25, -0.2) is 0 Å². The van der Waals surface area contributed by atoms with Gasteiger partial charge in [0, 0.05) is 28.6 Å².